The summed E-state index contributed by atoms with van der Waals surface area (Å²) < 4.78 is 1.97. The maximum absolute atomic E-state index is 3.89. The maximum atomic E-state index is 3.89. The zero-order valence-electron chi connectivity index (χ0n) is 8.31. The van der Waals surface area contributed by atoms with Crippen LogP contribution in [0.25, 0.3) is 11.3 Å². The molecule has 14 heavy (non-hydrogen) atoms. The van der Waals surface area contributed by atoms with Crippen molar-refractivity contribution in [3.63, 3.8) is 0 Å². The van der Waals surface area contributed by atoms with Crippen LogP contribution in [0.15, 0.2) is 36.8 Å². The Hall–Kier alpha value is -1.77. The maximum Gasteiger partial charge on any atom is 0.314 e. The number of hydrogen-bond acceptors (Lipinski definition) is 2. The summed E-state index contributed by atoms with van der Waals surface area (Å²) in [5, 5.41) is 7.71. The van der Waals surface area contributed by atoms with Crippen LogP contribution in [-0.4, -0.2) is 10.2 Å². The van der Waals surface area contributed by atoms with E-state index in [9.17, 15) is 0 Å². The van der Waals surface area contributed by atoms with Crippen LogP contribution in [0.3, 0.4) is 0 Å². The zero-order chi connectivity index (χ0) is 9.97. The molecule has 0 spiro atoms. The molecule has 2 rings (SSSR count). The normalized spacial score (nSPS) is 10.1. The minimum Gasteiger partial charge on any atom is -0.229 e. The second kappa shape index (κ2) is 3.54. The lowest BCUT2D eigenvalue weighted by molar-refractivity contribution is -0.664. The predicted octanol–water partition coefficient (Wildman–Crippen LogP) is 1.28. The standard InChI is InChI=1S/C11H12N3/c1-9-5-3-4-6-10(9)11-7-12-13-8-14(11)2/h3-8H,1-2H3/q+1. The van der Waals surface area contributed by atoms with Crippen LogP contribution in [-0.2, 0) is 7.05 Å². The van der Waals surface area contributed by atoms with Gasteiger partial charge in [0.1, 0.15) is 6.20 Å². The van der Waals surface area contributed by atoms with Gasteiger partial charge in [0, 0.05) is 5.56 Å². The topological polar surface area (TPSA) is 29.7 Å². The molecule has 0 aliphatic carbocycles. The van der Waals surface area contributed by atoms with Gasteiger partial charge in [-0.1, -0.05) is 24.3 Å². The molecule has 0 N–H and O–H groups in total. The third-order valence-corrected chi connectivity index (χ3v) is 2.27. The van der Waals surface area contributed by atoms with E-state index >= 15 is 0 Å². The molecule has 0 saturated heterocycles. The number of aromatic nitrogens is 3. The smallest absolute Gasteiger partial charge is 0.229 e. The van der Waals surface area contributed by atoms with Crippen LogP contribution in [0, 0.1) is 6.92 Å². The van der Waals surface area contributed by atoms with Crippen LogP contribution in [0.4, 0.5) is 0 Å². The Balaban J connectivity index is 2.61. The van der Waals surface area contributed by atoms with E-state index < -0.39 is 0 Å². The Labute approximate surface area is 83.1 Å². The first-order valence-electron chi connectivity index (χ1n) is 4.51. The summed E-state index contributed by atoms with van der Waals surface area (Å²) in [5.74, 6) is 0. The molecule has 0 saturated carbocycles. The summed E-state index contributed by atoms with van der Waals surface area (Å²) in [4.78, 5) is 0. The van der Waals surface area contributed by atoms with Gasteiger partial charge in [0.25, 0.3) is 0 Å². The van der Waals surface area contributed by atoms with E-state index in [1.165, 1.54) is 11.1 Å². The van der Waals surface area contributed by atoms with E-state index in [0.717, 1.165) is 5.69 Å². The summed E-state index contributed by atoms with van der Waals surface area (Å²) >= 11 is 0. The van der Waals surface area contributed by atoms with E-state index in [2.05, 4.69) is 29.3 Å². The minimum atomic E-state index is 1.08. The van der Waals surface area contributed by atoms with Gasteiger partial charge in [-0.25, -0.2) is 4.57 Å². The Morgan fingerprint density at radius 1 is 1.14 bits per heavy atom. The number of nitrogens with zero attached hydrogens (tertiary/aromatic N) is 3. The van der Waals surface area contributed by atoms with Gasteiger partial charge < -0.3 is 0 Å². The van der Waals surface area contributed by atoms with Crippen molar-refractivity contribution in [1.82, 2.24) is 10.2 Å². The SMILES string of the molecule is Cc1ccccc1-c1cnnc[n+]1C. The van der Waals surface area contributed by atoms with Crippen LogP contribution >= 0.6 is 0 Å². The van der Waals surface area contributed by atoms with E-state index in [4.69, 9.17) is 0 Å². The largest absolute Gasteiger partial charge is 0.314 e. The molecule has 3 nitrogen and oxygen atoms in total. The average Bonchev–Trinajstić information content (AvgIpc) is 2.20. The molecule has 0 aliphatic rings. The second-order valence-corrected chi connectivity index (χ2v) is 3.29. The number of aryl methyl sites for hydroxylation is 2. The molecule has 1 aromatic carbocycles. The third-order valence-electron chi connectivity index (χ3n) is 2.27. The van der Waals surface area contributed by atoms with E-state index in [0.29, 0.717) is 0 Å². The van der Waals surface area contributed by atoms with Crippen molar-refractivity contribution in [2.75, 3.05) is 0 Å². The molecule has 70 valence electrons. The highest BCUT2D eigenvalue weighted by Gasteiger charge is 2.08. The fourth-order valence-electron chi connectivity index (χ4n) is 1.47. The fraction of sp³-hybridized carbons (Fsp3) is 0.182. The first-order valence-corrected chi connectivity index (χ1v) is 4.51. The molecule has 0 fully saturated rings. The molecule has 0 aliphatic heterocycles. The monoisotopic (exact) mass is 186 g/mol. The highest BCUT2D eigenvalue weighted by Crippen LogP contribution is 2.17. The molecule has 0 radical (unpaired) electrons. The van der Waals surface area contributed by atoms with Gasteiger partial charge >= 0.3 is 6.33 Å². The van der Waals surface area contributed by atoms with Crippen molar-refractivity contribution < 1.29 is 4.57 Å². The van der Waals surface area contributed by atoms with Crippen molar-refractivity contribution in [3.8, 4) is 11.3 Å². The quantitative estimate of drug-likeness (QED) is 0.628. The molecular formula is C11H12N3+. The van der Waals surface area contributed by atoms with Gasteiger partial charge in [0.2, 0.25) is 0 Å². The van der Waals surface area contributed by atoms with E-state index in [1.807, 2.05) is 23.7 Å². The first-order chi connectivity index (χ1) is 6.79. The summed E-state index contributed by atoms with van der Waals surface area (Å²) in [6, 6.07) is 8.25. The van der Waals surface area contributed by atoms with Gasteiger partial charge in [-0.05, 0) is 17.6 Å². The highest BCUT2D eigenvalue weighted by molar-refractivity contribution is 5.59. The van der Waals surface area contributed by atoms with Crippen LogP contribution in [0.1, 0.15) is 5.56 Å². The third kappa shape index (κ3) is 1.48. The predicted molar refractivity (Wildman–Crippen MR) is 53.4 cm³/mol. The lowest BCUT2D eigenvalue weighted by Gasteiger charge is -2.03. The van der Waals surface area contributed by atoms with E-state index in [-0.39, 0.29) is 0 Å². The Kier molecular flexibility index (Phi) is 2.23. The Bertz CT molecular complexity index is 408. The number of rotatable bonds is 1. The molecule has 1 heterocycles. The Morgan fingerprint density at radius 3 is 2.64 bits per heavy atom. The van der Waals surface area contributed by atoms with Crippen LogP contribution < -0.4 is 4.57 Å². The minimum absolute atomic E-state index is 1.08. The molecule has 2 aromatic rings. The lowest BCUT2D eigenvalue weighted by atomic mass is 10.1. The lowest BCUT2D eigenvalue weighted by Crippen LogP contribution is -2.31. The highest BCUT2D eigenvalue weighted by atomic mass is 15.2. The molecule has 0 bridgehead atoms. The first kappa shape index (κ1) is 8.81. The molecular weight excluding hydrogens is 174 g/mol. The van der Waals surface area contributed by atoms with E-state index in [1.54, 1.807) is 12.5 Å². The molecule has 0 unspecified atom stereocenters. The number of benzene rings is 1. The number of hydrogen-bond donors (Lipinski definition) is 0. The summed E-state index contributed by atoms with van der Waals surface area (Å²) in [6.07, 6.45) is 3.49. The summed E-state index contributed by atoms with van der Waals surface area (Å²) in [5.41, 5.74) is 3.53. The zero-order valence-corrected chi connectivity index (χ0v) is 8.31. The van der Waals surface area contributed by atoms with Crippen molar-refractivity contribution in [2.45, 2.75) is 6.92 Å². The van der Waals surface area contributed by atoms with Gasteiger partial charge in [-0.3, -0.25) is 0 Å². The summed E-state index contributed by atoms with van der Waals surface area (Å²) in [7, 11) is 1.97. The second-order valence-electron chi connectivity index (χ2n) is 3.29. The summed E-state index contributed by atoms with van der Waals surface area (Å²) in [6.45, 7) is 2.09. The van der Waals surface area contributed by atoms with Crippen molar-refractivity contribution in [2.24, 2.45) is 7.05 Å². The Morgan fingerprint density at radius 2 is 1.93 bits per heavy atom. The van der Waals surface area contributed by atoms with Crippen molar-refractivity contribution >= 4 is 0 Å². The molecule has 0 atom stereocenters. The molecule has 1 aromatic heterocycles. The van der Waals surface area contributed by atoms with Gasteiger partial charge in [0.15, 0.2) is 5.69 Å². The average molecular weight is 186 g/mol. The van der Waals surface area contributed by atoms with Crippen LogP contribution in [0.5, 0.6) is 0 Å². The van der Waals surface area contributed by atoms with Crippen molar-refractivity contribution in [3.05, 3.63) is 42.4 Å². The molecule has 3 heteroatoms. The van der Waals surface area contributed by atoms with Crippen molar-refractivity contribution in [1.29, 1.82) is 0 Å². The van der Waals surface area contributed by atoms with Gasteiger partial charge in [-0.2, -0.15) is 0 Å². The molecule has 0 amide bonds. The van der Waals surface area contributed by atoms with Gasteiger partial charge in [0.05, 0.1) is 12.1 Å². The van der Waals surface area contributed by atoms with Crippen LogP contribution in [0.2, 0.25) is 0 Å². The van der Waals surface area contributed by atoms with Gasteiger partial charge in [-0.15, -0.1) is 0 Å². The fourth-order valence-corrected chi connectivity index (χ4v) is 1.47.